The van der Waals surface area contributed by atoms with Crippen LogP contribution in [0.25, 0.3) is 0 Å². The molecule has 0 radical (unpaired) electrons. The van der Waals surface area contributed by atoms with E-state index < -0.39 is 0 Å². The molecule has 0 heterocycles. The Bertz CT molecular complexity index is 671. The van der Waals surface area contributed by atoms with Crippen LogP contribution >= 0.6 is 11.6 Å². The summed E-state index contributed by atoms with van der Waals surface area (Å²) in [5.74, 6) is 0.859. The van der Waals surface area contributed by atoms with E-state index in [9.17, 15) is 0 Å². The maximum atomic E-state index is 6.16. The van der Waals surface area contributed by atoms with Gasteiger partial charge in [-0.05, 0) is 49.4 Å². The molecule has 3 heteroatoms. The zero-order valence-electron chi connectivity index (χ0n) is 16.0. The number of rotatable bonds is 7. The van der Waals surface area contributed by atoms with Gasteiger partial charge in [-0.1, -0.05) is 62.7 Å². The van der Waals surface area contributed by atoms with Crippen molar-refractivity contribution in [3.63, 3.8) is 0 Å². The lowest BCUT2D eigenvalue weighted by molar-refractivity contribution is 0.240. The Hall–Kier alpha value is -1.51. The van der Waals surface area contributed by atoms with Gasteiger partial charge >= 0.3 is 0 Å². The van der Waals surface area contributed by atoms with Crippen LogP contribution in [-0.2, 0) is 13.2 Å². The third-order valence-electron chi connectivity index (χ3n) is 4.02. The van der Waals surface area contributed by atoms with Crippen molar-refractivity contribution in [3.05, 3.63) is 64.7 Å². The molecule has 0 saturated heterocycles. The number of hydrogen-bond acceptors (Lipinski definition) is 2. The Morgan fingerprint density at radius 3 is 2.16 bits per heavy atom. The fourth-order valence-electron chi connectivity index (χ4n) is 3.21. The zero-order chi connectivity index (χ0) is 18.5. The van der Waals surface area contributed by atoms with E-state index in [1.807, 2.05) is 36.4 Å². The van der Waals surface area contributed by atoms with Gasteiger partial charge in [0.25, 0.3) is 0 Å². The third-order valence-corrected chi connectivity index (χ3v) is 4.39. The van der Waals surface area contributed by atoms with E-state index in [4.69, 9.17) is 16.3 Å². The van der Waals surface area contributed by atoms with E-state index in [1.165, 1.54) is 5.56 Å². The van der Waals surface area contributed by atoms with E-state index in [0.29, 0.717) is 12.0 Å². The largest absolute Gasteiger partial charge is 0.489 e. The lowest BCUT2D eigenvalue weighted by Crippen LogP contribution is -2.41. The fourth-order valence-corrected chi connectivity index (χ4v) is 3.40. The summed E-state index contributed by atoms with van der Waals surface area (Å²) in [6, 6.07) is 16.0. The molecule has 0 atom stereocenters. The van der Waals surface area contributed by atoms with Crippen molar-refractivity contribution in [3.8, 4) is 5.75 Å². The predicted molar refractivity (Wildman–Crippen MR) is 107 cm³/mol. The quantitative estimate of drug-likeness (QED) is 0.633. The first-order chi connectivity index (χ1) is 11.6. The SMILES string of the molecule is CC(C)(C)CC(C)(C)NCc1ccc(OCc2ccccc2Cl)cc1. The highest BCUT2D eigenvalue weighted by atomic mass is 35.5. The van der Waals surface area contributed by atoms with Crippen LogP contribution in [0.15, 0.2) is 48.5 Å². The standard InChI is InChI=1S/C22H30ClNO/c1-21(2,3)16-22(4,5)24-14-17-10-12-19(13-11-17)25-15-18-8-6-7-9-20(18)23/h6-13,24H,14-16H2,1-5H3. The minimum absolute atomic E-state index is 0.109. The maximum Gasteiger partial charge on any atom is 0.119 e. The van der Waals surface area contributed by atoms with Crippen LogP contribution in [0, 0.1) is 5.41 Å². The molecular formula is C22H30ClNO. The summed E-state index contributed by atoms with van der Waals surface area (Å²) in [6.45, 7) is 12.7. The van der Waals surface area contributed by atoms with Gasteiger partial charge in [0.1, 0.15) is 12.4 Å². The Morgan fingerprint density at radius 2 is 1.56 bits per heavy atom. The smallest absolute Gasteiger partial charge is 0.119 e. The van der Waals surface area contributed by atoms with Crippen LogP contribution in [0.5, 0.6) is 5.75 Å². The van der Waals surface area contributed by atoms with Gasteiger partial charge in [0.05, 0.1) is 0 Å². The molecule has 136 valence electrons. The molecule has 0 unspecified atom stereocenters. The molecule has 0 saturated carbocycles. The van der Waals surface area contributed by atoms with E-state index in [2.05, 4.69) is 52.1 Å². The molecule has 0 aliphatic rings. The molecule has 2 rings (SSSR count). The Balaban J connectivity index is 1.86. The first-order valence-corrected chi connectivity index (χ1v) is 9.23. The molecule has 0 aliphatic heterocycles. The van der Waals surface area contributed by atoms with Gasteiger partial charge < -0.3 is 10.1 Å². The second-order valence-corrected chi connectivity index (χ2v) is 8.91. The molecule has 0 fully saturated rings. The highest BCUT2D eigenvalue weighted by Crippen LogP contribution is 2.27. The van der Waals surface area contributed by atoms with Gasteiger partial charge in [-0.3, -0.25) is 0 Å². The van der Waals surface area contributed by atoms with Gasteiger partial charge in [0, 0.05) is 22.7 Å². The van der Waals surface area contributed by atoms with Crippen LogP contribution < -0.4 is 10.1 Å². The molecule has 2 aromatic rings. The summed E-state index contributed by atoms with van der Waals surface area (Å²) in [5.41, 5.74) is 2.68. The summed E-state index contributed by atoms with van der Waals surface area (Å²) in [6.07, 6.45) is 1.12. The van der Waals surface area contributed by atoms with Crippen molar-refractivity contribution in [1.82, 2.24) is 5.32 Å². The first-order valence-electron chi connectivity index (χ1n) is 8.85. The highest BCUT2D eigenvalue weighted by molar-refractivity contribution is 6.31. The lowest BCUT2D eigenvalue weighted by atomic mass is 9.82. The van der Waals surface area contributed by atoms with Crippen molar-refractivity contribution >= 4 is 11.6 Å². The number of hydrogen-bond donors (Lipinski definition) is 1. The topological polar surface area (TPSA) is 21.3 Å². The molecule has 0 aliphatic carbocycles. The van der Waals surface area contributed by atoms with Crippen molar-refractivity contribution in [2.75, 3.05) is 0 Å². The van der Waals surface area contributed by atoms with Gasteiger partial charge in [-0.15, -0.1) is 0 Å². The summed E-state index contributed by atoms with van der Waals surface area (Å²) >= 11 is 6.16. The predicted octanol–water partition coefficient (Wildman–Crippen LogP) is 6.22. The summed E-state index contributed by atoms with van der Waals surface area (Å²) in [4.78, 5) is 0. The van der Waals surface area contributed by atoms with Crippen molar-refractivity contribution < 1.29 is 4.74 Å². The van der Waals surface area contributed by atoms with E-state index >= 15 is 0 Å². The van der Waals surface area contributed by atoms with Gasteiger partial charge in [0.2, 0.25) is 0 Å². The molecule has 25 heavy (non-hydrogen) atoms. The van der Waals surface area contributed by atoms with Crippen LogP contribution in [0.1, 0.15) is 52.2 Å². The van der Waals surface area contributed by atoms with Crippen LogP contribution in [0.4, 0.5) is 0 Å². The number of nitrogens with one attached hydrogen (secondary N) is 1. The Labute approximate surface area is 157 Å². The van der Waals surface area contributed by atoms with Crippen LogP contribution in [0.3, 0.4) is 0 Å². The summed E-state index contributed by atoms with van der Waals surface area (Å²) in [5, 5.41) is 4.40. The minimum Gasteiger partial charge on any atom is -0.489 e. The van der Waals surface area contributed by atoms with Gasteiger partial charge in [-0.25, -0.2) is 0 Å². The molecule has 1 N–H and O–H groups in total. The van der Waals surface area contributed by atoms with Crippen molar-refractivity contribution in [2.45, 2.75) is 59.7 Å². The second kappa shape index (κ2) is 8.25. The molecule has 2 aromatic carbocycles. The normalized spacial score (nSPS) is 12.2. The van der Waals surface area contributed by atoms with E-state index in [0.717, 1.165) is 29.3 Å². The molecule has 0 spiro atoms. The molecule has 0 bridgehead atoms. The average Bonchev–Trinajstić information content (AvgIpc) is 2.51. The van der Waals surface area contributed by atoms with Crippen LogP contribution in [0.2, 0.25) is 5.02 Å². The Morgan fingerprint density at radius 1 is 0.920 bits per heavy atom. The second-order valence-electron chi connectivity index (χ2n) is 8.50. The number of ether oxygens (including phenoxy) is 1. The first kappa shape index (κ1) is 19.8. The maximum absolute atomic E-state index is 6.16. The van der Waals surface area contributed by atoms with Crippen LogP contribution in [-0.4, -0.2) is 5.54 Å². The van der Waals surface area contributed by atoms with E-state index in [1.54, 1.807) is 0 Å². The molecule has 2 nitrogen and oxygen atoms in total. The third kappa shape index (κ3) is 7.09. The monoisotopic (exact) mass is 359 g/mol. The van der Waals surface area contributed by atoms with Gasteiger partial charge in [-0.2, -0.15) is 0 Å². The van der Waals surface area contributed by atoms with Gasteiger partial charge in [0.15, 0.2) is 0 Å². The van der Waals surface area contributed by atoms with Crippen molar-refractivity contribution in [1.29, 1.82) is 0 Å². The Kier molecular flexibility index (Phi) is 6.53. The molecule has 0 aromatic heterocycles. The lowest BCUT2D eigenvalue weighted by Gasteiger charge is -2.33. The zero-order valence-corrected chi connectivity index (χ0v) is 16.8. The minimum atomic E-state index is 0.109. The molecule has 0 amide bonds. The van der Waals surface area contributed by atoms with E-state index in [-0.39, 0.29) is 5.54 Å². The average molecular weight is 360 g/mol. The summed E-state index contributed by atoms with van der Waals surface area (Å²) < 4.78 is 5.83. The number of halogens is 1. The summed E-state index contributed by atoms with van der Waals surface area (Å²) in [7, 11) is 0. The number of benzene rings is 2. The highest BCUT2D eigenvalue weighted by Gasteiger charge is 2.24. The van der Waals surface area contributed by atoms with Crippen molar-refractivity contribution in [2.24, 2.45) is 5.41 Å². The fraction of sp³-hybridized carbons (Fsp3) is 0.455. The molecular weight excluding hydrogens is 330 g/mol.